The average molecular weight is 215 g/mol. The molecule has 1 fully saturated rings. The van der Waals surface area contributed by atoms with Gasteiger partial charge in [0.25, 0.3) is 0 Å². The lowest BCUT2D eigenvalue weighted by Gasteiger charge is -2.33. The van der Waals surface area contributed by atoms with Crippen LogP contribution in [0.4, 0.5) is 0 Å². The molecule has 0 aromatic heterocycles. The maximum absolute atomic E-state index is 9.53. The Morgan fingerprint density at radius 3 is 2.73 bits per heavy atom. The first-order valence-corrected chi connectivity index (χ1v) is 6.03. The second-order valence-corrected chi connectivity index (χ2v) is 5.02. The Balaban J connectivity index is 2.20. The molecule has 0 amide bonds. The van der Waals surface area contributed by atoms with Crippen molar-refractivity contribution in [2.75, 3.05) is 20.3 Å². The largest absolute Gasteiger partial charge is 0.389 e. The minimum absolute atomic E-state index is 0.374. The third kappa shape index (κ3) is 4.49. The van der Waals surface area contributed by atoms with Crippen molar-refractivity contribution in [1.29, 1.82) is 0 Å². The van der Waals surface area contributed by atoms with Gasteiger partial charge in [-0.15, -0.1) is 0 Å². The van der Waals surface area contributed by atoms with Crippen LogP contribution < -0.4 is 5.32 Å². The van der Waals surface area contributed by atoms with E-state index in [2.05, 4.69) is 19.2 Å². The number of rotatable bonds is 5. The van der Waals surface area contributed by atoms with E-state index in [4.69, 9.17) is 4.74 Å². The number of methoxy groups -OCH3 is 1. The second-order valence-electron chi connectivity index (χ2n) is 5.02. The van der Waals surface area contributed by atoms with Crippen LogP contribution in [0.2, 0.25) is 0 Å². The van der Waals surface area contributed by atoms with Crippen molar-refractivity contribution in [3.63, 3.8) is 0 Å². The summed E-state index contributed by atoms with van der Waals surface area (Å²) in [7, 11) is 1.62. The van der Waals surface area contributed by atoms with Crippen LogP contribution >= 0.6 is 0 Å². The van der Waals surface area contributed by atoms with Gasteiger partial charge in [0, 0.05) is 19.7 Å². The normalized spacial score (nSPS) is 34.0. The monoisotopic (exact) mass is 215 g/mol. The third-order valence-corrected chi connectivity index (χ3v) is 3.41. The Bertz CT molecular complexity index is 175. The Morgan fingerprint density at radius 2 is 2.13 bits per heavy atom. The minimum Gasteiger partial charge on any atom is -0.389 e. The first kappa shape index (κ1) is 12.9. The lowest BCUT2D eigenvalue weighted by atomic mass is 9.80. The molecule has 4 atom stereocenters. The van der Waals surface area contributed by atoms with E-state index in [0.717, 1.165) is 11.8 Å². The van der Waals surface area contributed by atoms with Gasteiger partial charge < -0.3 is 15.2 Å². The molecule has 0 heterocycles. The molecule has 0 radical (unpaired) electrons. The molecule has 1 aliphatic rings. The van der Waals surface area contributed by atoms with Gasteiger partial charge in [-0.05, 0) is 31.1 Å². The summed E-state index contributed by atoms with van der Waals surface area (Å²) < 4.78 is 4.90. The predicted molar refractivity (Wildman–Crippen MR) is 61.9 cm³/mol. The van der Waals surface area contributed by atoms with Crippen LogP contribution in [-0.4, -0.2) is 37.5 Å². The fourth-order valence-electron chi connectivity index (χ4n) is 2.51. The molecule has 4 unspecified atom stereocenters. The smallest absolute Gasteiger partial charge is 0.0897 e. The van der Waals surface area contributed by atoms with Crippen LogP contribution in [0.3, 0.4) is 0 Å². The molecule has 1 rings (SSSR count). The molecule has 0 saturated heterocycles. The molecule has 0 spiro atoms. The summed E-state index contributed by atoms with van der Waals surface area (Å²) in [4.78, 5) is 0. The highest BCUT2D eigenvalue weighted by Gasteiger charge is 2.25. The predicted octanol–water partition coefficient (Wildman–Crippen LogP) is 1.41. The van der Waals surface area contributed by atoms with E-state index in [9.17, 15) is 5.11 Å². The standard InChI is InChI=1S/C12H25NO2/c1-9-4-5-12(10(2)6-9)13-7-11(14)8-15-3/h9-14H,4-8H2,1-3H3. The number of aliphatic hydroxyl groups is 1. The number of ether oxygens (including phenoxy) is 1. The summed E-state index contributed by atoms with van der Waals surface area (Å²) in [5.41, 5.74) is 0. The molecular weight excluding hydrogens is 190 g/mol. The number of hydrogen-bond donors (Lipinski definition) is 2. The lowest BCUT2D eigenvalue weighted by molar-refractivity contribution is 0.0590. The second kappa shape index (κ2) is 6.46. The summed E-state index contributed by atoms with van der Waals surface area (Å²) in [5.74, 6) is 1.59. The molecule has 15 heavy (non-hydrogen) atoms. The zero-order chi connectivity index (χ0) is 11.3. The fourth-order valence-corrected chi connectivity index (χ4v) is 2.51. The van der Waals surface area contributed by atoms with Crippen LogP contribution in [0.25, 0.3) is 0 Å². The number of hydrogen-bond acceptors (Lipinski definition) is 3. The molecule has 1 aliphatic carbocycles. The SMILES string of the molecule is COCC(O)CNC1CCC(C)CC1C. The van der Waals surface area contributed by atoms with Crippen molar-refractivity contribution in [3.05, 3.63) is 0 Å². The van der Waals surface area contributed by atoms with E-state index < -0.39 is 0 Å². The topological polar surface area (TPSA) is 41.5 Å². The molecule has 3 nitrogen and oxygen atoms in total. The Hall–Kier alpha value is -0.120. The molecule has 0 bridgehead atoms. The maximum atomic E-state index is 9.53. The van der Waals surface area contributed by atoms with Gasteiger partial charge in [-0.25, -0.2) is 0 Å². The van der Waals surface area contributed by atoms with E-state index in [1.807, 2.05) is 0 Å². The van der Waals surface area contributed by atoms with Crippen molar-refractivity contribution in [2.45, 2.75) is 45.3 Å². The molecule has 1 saturated carbocycles. The Morgan fingerprint density at radius 1 is 1.40 bits per heavy atom. The van der Waals surface area contributed by atoms with Gasteiger partial charge in [0.1, 0.15) is 0 Å². The minimum atomic E-state index is -0.374. The number of nitrogens with one attached hydrogen (secondary N) is 1. The van der Waals surface area contributed by atoms with E-state index in [1.165, 1.54) is 19.3 Å². The highest BCUT2D eigenvalue weighted by Crippen LogP contribution is 2.28. The summed E-state index contributed by atoms with van der Waals surface area (Å²) in [6.07, 6.45) is 3.48. The van der Waals surface area contributed by atoms with Crippen molar-refractivity contribution in [1.82, 2.24) is 5.32 Å². The van der Waals surface area contributed by atoms with Gasteiger partial charge in [-0.1, -0.05) is 13.8 Å². The van der Waals surface area contributed by atoms with E-state index in [-0.39, 0.29) is 6.10 Å². The van der Waals surface area contributed by atoms with Crippen LogP contribution in [0.15, 0.2) is 0 Å². The van der Waals surface area contributed by atoms with Crippen molar-refractivity contribution >= 4 is 0 Å². The van der Waals surface area contributed by atoms with Gasteiger partial charge >= 0.3 is 0 Å². The van der Waals surface area contributed by atoms with Crippen LogP contribution in [0.1, 0.15) is 33.1 Å². The van der Waals surface area contributed by atoms with Crippen molar-refractivity contribution in [2.24, 2.45) is 11.8 Å². The first-order chi connectivity index (χ1) is 7.13. The highest BCUT2D eigenvalue weighted by molar-refractivity contribution is 4.81. The third-order valence-electron chi connectivity index (χ3n) is 3.41. The van der Waals surface area contributed by atoms with Crippen LogP contribution in [-0.2, 0) is 4.74 Å². The van der Waals surface area contributed by atoms with Crippen molar-refractivity contribution < 1.29 is 9.84 Å². The zero-order valence-corrected chi connectivity index (χ0v) is 10.2. The van der Waals surface area contributed by atoms with Gasteiger partial charge in [0.05, 0.1) is 12.7 Å². The molecule has 0 aliphatic heterocycles. The van der Waals surface area contributed by atoms with Gasteiger partial charge in [-0.2, -0.15) is 0 Å². The first-order valence-electron chi connectivity index (χ1n) is 6.03. The summed E-state index contributed by atoms with van der Waals surface area (Å²) >= 11 is 0. The van der Waals surface area contributed by atoms with Crippen LogP contribution in [0.5, 0.6) is 0 Å². The molecule has 3 heteroatoms. The van der Waals surface area contributed by atoms with E-state index >= 15 is 0 Å². The van der Waals surface area contributed by atoms with Crippen molar-refractivity contribution in [3.8, 4) is 0 Å². The maximum Gasteiger partial charge on any atom is 0.0897 e. The lowest BCUT2D eigenvalue weighted by Crippen LogP contribution is -2.43. The molecule has 0 aromatic carbocycles. The van der Waals surface area contributed by atoms with Gasteiger partial charge in [-0.3, -0.25) is 0 Å². The molecule has 0 aromatic rings. The summed E-state index contributed by atoms with van der Waals surface area (Å²) in [6, 6.07) is 0.577. The molecular formula is C12H25NO2. The van der Waals surface area contributed by atoms with Crippen LogP contribution in [0, 0.1) is 11.8 Å². The van der Waals surface area contributed by atoms with Gasteiger partial charge in [0.2, 0.25) is 0 Å². The zero-order valence-electron chi connectivity index (χ0n) is 10.2. The molecule has 90 valence electrons. The van der Waals surface area contributed by atoms with E-state index in [1.54, 1.807) is 7.11 Å². The Labute approximate surface area is 93.2 Å². The van der Waals surface area contributed by atoms with Gasteiger partial charge in [0.15, 0.2) is 0 Å². The summed E-state index contributed by atoms with van der Waals surface area (Å²) in [6.45, 7) is 5.70. The average Bonchev–Trinajstić information content (AvgIpc) is 2.17. The number of aliphatic hydroxyl groups excluding tert-OH is 1. The fraction of sp³-hybridized carbons (Fsp3) is 1.00. The highest BCUT2D eigenvalue weighted by atomic mass is 16.5. The van der Waals surface area contributed by atoms with E-state index in [0.29, 0.717) is 19.2 Å². The Kier molecular flexibility index (Phi) is 5.58. The quantitative estimate of drug-likeness (QED) is 0.728. The summed E-state index contributed by atoms with van der Waals surface area (Å²) in [5, 5.41) is 13.0. The molecule has 2 N–H and O–H groups in total.